The van der Waals surface area contributed by atoms with Crippen molar-refractivity contribution in [2.24, 2.45) is 0 Å². The molecule has 1 aromatic carbocycles. The van der Waals surface area contributed by atoms with Crippen molar-refractivity contribution in [2.75, 3.05) is 19.8 Å². The molecule has 1 N–H and O–H groups in total. The maximum absolute atomic E-state index is 9.44. The lowest BCUT2D eigenvalue weighted by molar-refractivity contribution is -0.0502. The van der Waals surface area contributed by atoms with Crippen molar-refractivity contribution < 1.29 is 14.6 Å². The Morgan fingerprint density at radius 3 is 1.65 bits per heavy atom. The van der Waals surface area contributed by atoms with Gasteiger partial charge in [0.05, 0.1) is 19.8 Å². The number of unbranched alkanes of at least 4 members (excludes halogenated alkanes) is 15. The van der Waals surface area contributed by atoms with Crippen LogP contribution in [0.25, 0.3) is 0 Å². The van der Waals surface area contributed by atoms with Gasteiger partial charge in [-0.3, -0.25) is 0 Å². The highest BCUT2D eigenvalue weighted by Gasteiger charge is 2.08. The van der Waals surface area contributed by atoms with Gasteiger partial charge in [-0.2, -0.15) is 0 Å². The molecule has 180 valence electrons. The summed E-state index contributed by atoms with van der Waals surface area (Å²) in [5, 5.41) is 9.44. The molecule has 0 radical (unpaired) electrons. The molecular weight excluding hydrogens is 384 g/mol. The van der Waals surface area contributed by atoms with Gasteiger partial charge in [0, 0.05) is 6.61 Å². The Hall–Kier alpha value is -0.900. The van der Waals surface area contributed by atoms with Gasteiger partial charge in [-0.1, -0.05) is 134 Å². The zero-order valence-electron chi connectivity index (χ0n) is 20.4. The number of aliphatic hydroxyl groups excluding tert-OH is 1. The highest BCUT2D eigenvalue weighted by Crippen LogP contribution is 2.13. The third-order valence-corrected chi connectivity index (χ3v) is 5.98. The van der Waals surface area contributed by atoms with Crippen LogP contribution in [0.2, 0.25) is 0 Å². The smallest absolute Gasteiger partial charge is 0.104 e. The first-order valence-electron chi connectivity index (χ1n) is 13.2. The summed E-state index contributed by atoms with van der Waals surface area (Å²) in [6, 6.07) is 10.1. The van der Waals surface area contributed by atoms with Crippen molar-refractivity contribution in [2.45, 2.75) is 122 Å². The number of benzene rings is 1. The second kappa shape index (κ2) is 22.3. The Labute approximate surface area is 192 Å². The average molecular weight is 435 g/mol. The Bertz CT molecular complexity index is 463. The fourth-order valence-electron chi connectivity index (χ4n) is 3.91. The first-order chi connectivity index (χ1) is 15.4. The summed E-state index contributed by atoms with van der Waals surface area (Å²) in [7, 11) is 0. The van der Waals surface area contributed by atoms with Gasteiger partial charge in [0.15, 0.2) is 0 Å². The Morgan fingerprint density at radius 1 is 0.677 bits per heavy atom. The van der Waals surface area contributed by atoms with Gasteiger partial charge in [-0.05, 0) is 12.0 Å². The fourth-order valence-corrected chi connectivity index (χ4v) is 3.91. The van der Waals surface area contributed by atoms with Gasteiger partial charge in [0.25, 0.3) is 0 Å². The summed E-state index contributed by atoms with van der Waals surface area (Å²) in [5.41, 5.74) is 1.12. The molecule has 0 saturated heterocycles. The molecule has 0 aliphatic rings. The first-order valence-corrected chi connectivity index (χ1v) is 13.2. The summed E-state index contributed by atoms with van der Waals surface area (Å²) < 4.78 is 11.4. The molecule has 0 aliphatic carbocycles. The first kappa shape index (κ1) is 28.1. The quantitative estimate of drug-likeness (QED) is 0.178. The van der Waals surface area contributed by atoms with E-state index < -0.39 is 0 Å². The molecule has 1 aromatic rings. The van der Waals surface area contributed by atoms with Crippen LogP contribution in [-0.2, 0) is 16.1 Å². The van der Waals surface area contributed by atoms with E-state index in [1.54, 1.807) is 0 Å². The molecule has 0 fully saturated rings. The second-order valence-electron chi connectivity index (χ2n) is 8.98. The van der Waals surface area contributed by atoms with E-state index in [9.17, 15) is 5.11 Å². The van der Waals surface area contributed by atoms with Crippen LogP contribution in [0.4, 0.5) is 0 Å². The van der Waals surface area contributed by atoms with Crippen molar-refractivity contribution in [3.05, 3.63) is 35.9 Å². The summed E-state index contributed by atoms with van der Waals surface area (Å²) in [5.74, 6) is 0. The third-order valence-electron chi connectivity index (χ3n) is 5.98. The van der Waals surface area contributed by atoms with Crippen LogP contribution in [0.15, 0.2) is 30.3 Å². The van der Waals surface area contributed by atoms with Crippen LogP contribution in [0, 0.1) is 0 Å². The number of rotatable bonds is 23. The van der Waals surface area contributed by atoms with Crippen molar-refractivity contribution >= 4 is 0 Å². The molecule has 0 bridgehead atoms. The molecule has 1 atom stereocenters. The molecular formula is C28H50O3. The molecule has 1 rings (SSSR count). The minimum absolute atomic E-state index is 0.00575. The van der Waals surface area contributed by atoms with E-state index >= 15 is 0 Å². The van der Waals surface area contributed by atoms with Gasteiger partial charge in [0.1, 0.15) is 6.10 Å². The molecule has 31 heavy (non-hydrogen) atoms. The Balaban J connectivity index is 1.78. The summed E-state index contributed by atoms with van der Waals surface area (Å²) in [6.07, 6.45) is 21.9. The lowest BCUT2D eigenvalue weighted by atomic mass is 10.0. The number of hydrogen-bond acceptors (Lipinski definition) is 3. The second-order valence-corrected chi connectivity index (χ2v) is 8.98. The van der Waals surface area contributed by atoms with E-state index in [1.807, 2.05) is 30.3 Å². The van der Waals surface area contributed by atoms with E-state index in [0.29, 0.717) is 13.2 Å². The predicted molar refractivity (Wildman–Crippen MR) is 132 cm³/mol. The van der Waals surface area contributed by atoms with Crippen LogP contribution < -0.4 is 0 Å². The van der Waals surface area contributed by atoms with Gasteiger partial charge in [0.2, 0.25) is 0 Å². The van der Waals surface area contributed by atoms with Gasteiger partial charge >= 0.3 is 0 Å². The van der Waals surface area contributed by atoms with Crippen molar-refractivity contribution in [3.63, 3.8) is 0 Å². The monoisotopic (exact) mass is 434 g/mol. The van der Waals surface area contributed by atoms with Gasteiger partial charge < -0.3 is 14.6 Å². The van der Waals surface area contributed by atoms with Crippen molar-refractivity contribution in [3.8, 4) is 0 Å². The topological polar surface area (TPSA) is 38.7 Å². The van der Waals surface area contributed by atoms with Crippen LogP contribution in [0.5, 0.6) is 0 Å². The number of hydrogen-bond donors (Lipinski definition) is 1. The minimum atomic E-state index is -0.235. The van der Waals surface area contributed by atoms with E-state index in [1.165, 1.54) is 96.3 Å². The van der Waals surface area contributed by atoms with E-state index in [-0.39, 0.29) is 12.7 Å². The van der Waals surface area contributed by atoms with Crippen molar-refractivity contribution in [1.82, 2.24) is 0 Å². The molecule has 0 heterocycles. The average Bonchev–Trinajstić information content (AvgIpc) is 2.81. The summed E-state index contributed by atoms with van der Waals surface area (Å²) in [4.78, 5) is 0. The molecule has 0 aliphatic heterocycles. The lowest BCUT2D eigenvalue weighted by Gasteiger charge is -2.15. The fraction of sp³-hybridized carbons (Fsp3) is 0.786. The van der Waals surface area contributed by atoms with E-state index in [0.717, 1.165) is 18.6 Å². The van der Waals surface area contributed by atoms with Crippen LogP contribution in [-0.4, -0.2) is 31.0 Å². The van der Waals surface area contributed by atoms with Crippen LogP contribution in [0.1, 0.15) is 115 Å². The molecule has 0 spiro atoms. The standard InChI is InChI=1S/C28H50O3/c1-2-3-4-5-6-7-8-9-10-11-12-13-14-15-16-20-23-30-26-28(24-29)31-25-27-21-18-17-19-22-27/h17-19,21-22,28-29H,2-16,20,23-26H2,1H3/t28-/m1/s1. The molecule has 0 aromatic heterocycles. The maximum atomic E-state index is 9.44. The number of aliphatic hydroxyl groups is 1. The normalized spacial score (nSPS) is 12.3. The molecule has 0 unspecified atom stereocenters. The van der Waals surface area contributed by atoms with E-state index in [4.69, 9.17) is 9.47 Å². The minimum Gasteiger partial charge on any atom is -0.394 e. The van der Waals surface area contributed by atoms with Gasteiger partial charge in [-0.15, -0.1) is 0 Å². The summed E-state index contributed by atoms with van der Waals surface area (Å²) >= 11 is 0. The van der Waals surface area contributed by atoms with Gasteiger partial charge in [-0.25, -0.2) is 0 Å². The molecule has 0 amide bonds. The van der Waals surface area contributed by atoms with Crippen molar-refractivity contribution in [1.29, 1.82) is 0 Å². The van der Waals surface area contributed by atoms with Crippen LogP contribution in [0.3, 0.4) is 0 Å². The maximum Gasteiger partial charge on any atom is 0.104 e. The van der Waals surface area contributed by atoms with E-state index in [2.05, 4.69) is 6.92 Å². The third kappa shape index (κ3) is 18.4. The predicted octanol–water partition coefficient (Wildman–Crippen LogP) is 7.84. The molecule has 3 nitrogen and oxygen atoms in total. The SMILES string of the molecule is CCCCCCCCCCCCCCCCCCOC[C@@H](CO)OCc1ccccc1. The Morgan fingerprint density at radius 2 is 1.16 bits per heavy atom. The largest absolute Gasteiger partial charge is 0.394 e. The lowest BCUT2D eigenvalue weighted by Crippen LogP contribution is -2.24. The van der Waals surface area contributed by atoms with Crippen LogP contribution >= 0.6 is 0 Å². The highest BCUT2D eigenvalue weighted by molar-refractivity contribution is 5.13. The zero-order valence-corrected chi connectivity index (χ0v) is 20.4. The molecule has 3 heteroatoms. The molecule has 0 saturated carbocycles. The summed E-state index contributed by atoms with van der Waals surface area (Å²) in [6.45, 7) is 4.06. The zero-order chi connectivity index (χ0) is 22.2. The highest BCUT2D eigenvalue weighted by atomic mass is 16.5. The Kier molecular flexibility index (Phi) is 20.2. The number of ether oxygens (including phenoxy) is 2.